The molecule has 0 aromatic carbocycles. The highest BCUT2D eigenvalue weighted by atomic mass is 16.5. The van der Waals surface area contributed by atoms with Crippen LogP contribution in [0.4, 0.5) is 0 Å². The van der Waals surface area contributed by atoms with Gasteiger partial charge in [-0.2, -0.15) is 5.26 Å². The van der Waals surface area contributed by atoms with Gasteiger partial charge in [0.25, 0.3) is 0 Å². The molecule has 0 aromatic rings. The minimum absolute atomic E-state index is 0.260. The predicted molar refractivity (Wildman–Crippen MR) is 53.1 cm³/mol. The Labute approximate surface area is 80.9 Å². The Kier molecular flexibility index (Phi) is 5.68. The summed E-state index contributed by atoms with van der Waals surface area (Å²) in [5.74, 6) is 0. The molecule has 76 valence electrons. The zero-order valence-electron chi connectivity index (χ0n) is 8.84. The van der Waals surface area contributed by atoms with E-state index in [0.29, 0.717) is 19.4 Å². The molecule has 0 aliphatic rings. The fraction of sp³-hybridized carbons (Fsp3) is 0.900. The third-order valence-electron chi connectivity index (χ3n) is 2.07. The lowest BCUT2D eigenvalue weighted by Crippen LogP contribution is -2.37. The Hall–Kier alpha value is -0.590. The smallest absolute Gasteiger partial charge is 0.104 e. The highest BCUT2D eigenvalue weighted by molar-refractivity contribution is 5.03. The first-order valence-corrected chi connectivity index (χ1v) is 4.86. The number of nitrogens with two attached hydrogens (primary N) is 1. The molecule has 13 heavy (non-hydrogen) atoms. The van der Waals surface area contributed by atoms with Crippen LogP contribution in [0.5, 0.6) is 0 Å². The third kappa shape index (κ3) is 5.62. The maximum absolute atomic E-state index is 8.78. The Balaban J connectivity index is 3.58. The number of ether oxygens (including phenoxy) is 1. The molecule has 0 aliphatic carbocycles. The van der Waals surface area contributed by atoms with Crippen LogP contribution < -0.4 is 5.73 Å². The molecule has 3 heteroatoms. The molecule has 0 amide bonds. The van der Waals surface area contributed by atoms with E-state index in [1.807, 2.05) is 20.8 Å². The molecule has 0 radical (unpaired) electrons. The molecular formula is C10H20N2O. The van der Waals surface area contributed by atoms with Crippen LogP contribution in [0.3, 0.4) is 0 Å². The van der Waals surface area contributed by atoms with Crippen LogP contribution >= 0.6 is 0 Å². The highest BCUT2D eigenvalue weighted by Crippen LogP contribution is 2.12. The number of rotatable bonds is 6. The van der Waals surface area contributed by atoms with Crippen molar-refractivity contribution in [3.8, 4) is 6.07 Å². The van der Waals surface area contributed by atoms with E-state index in [1.165, 1.54) is 0 Å². The SMILES string of the molecule is CCC(N)(C#N)CCCOC(C)C. The van der Waals surface area contributed by atoms with E-state index < -0.39 is 5.54 Å². The quantitative estimate of drug-likeness (QED) is 0.640. The molecule has 1 unspecified atom stereocenters. The van der Waals surface area contributed by atoms with Crippen LogP contribution in [0.1, 0.15) is 40.0 Å². The molecule has 1 atom stereocenters. The van der Waals surface area contributed by atoms with Crippen molar-refractivity contribution in [2.24, 2.45) is 5.73 Å². The maximum Gasteiger partial charge on any atom is 0.104 e. The monoisotopic (exact) mass is 184 g/mol. The van der Waals surface area contributed by atoms with Gasteiger partial charge < -0.3 is 10.5 Å². The summed E-state index contributed by atoms with van der Waals surface area (Å²) in [7, 11) is 0. The van der Waals surface area contributed by atoms with Crippen molar-refractivity contribution >= 4 is 0 Å². The zero-order valence-corrected chi connectivity index (χ0v) is 8.84. The van der Waals surface area contributed by atoms with Crippen molar-refractivity contribution in [3.05, 3.63) is 0 Å². The normalized spacial score (nSPS) is 15.4. The second kappa shape index (κ2) is 5.95. The van der Waals surface area contributed by atoms with Crippen LogP contribution in [-0.2, 0) is 4.74 Å². The molecule has 0 saturated carbocycles. The van der Waals surface area contributed by atoms with E-state index in [4.69, 9.17) is 15.7 Å². The second-order valence-electron chi connectivity index (χ2n) is 3.64. The van der Waals surface area contributed by atoms with E-state index in [0.717, 1.165) is 6.42 Å². The van der Waals surface area contributed by atoms with Gasteiger partial charge in [0, 0.05) is 6.61 Å². The average molecular weight is 184 g/mol. The standard InChI is InChI=1S/C10H20N2O/c1-4-10(12,8-11)6-5-7-13-9(2)3/h9H,4-7,12H2,1-3H3. The van der Waals surface area contributed by atoms with E-state index in [1.54, 1.807) is 0 Å². The fourth-order valence-corrected chi connectivity index (χ4v) is 1.02. The van der Waals surface area contributed by atoms with Gasteiger partial charge in [-0.05, 0) is 33.1 Å². The molecule has 0 bridgehead atoms. The van der Waals surface area contributed by atoms with Crippen molar-refractivity contribution in [2.45, 2.75) is 51.7 Å². The highest BCUT2D eigenvalue weighted by Gasteiger charge is 2.20. The molecule has 0 aliphatic heterocycles. The van der Waals surface area contributed by atoms with Gasteiger partial charge in [0.15, 0.2) is 0 Å². The van der Waals surface area contributed by atoms with E-state index in [-0.39, 0.29) is 6.10 Å². The maximum atomic E-state index is 8.78. The van der Waals surface area contributed by atoms with Crippen molar-refractivity contribution in [1.82, 2.24) is 0 Å². The van der Waals surface area contributed by atoms with Crippen LogP contribution in [-0.4, -0.2) is 18.2 Å². The molecule has 0 rings (SSSR count). The summed E-state index contributed by atoms with van der Waals surface area (Å²) in [6.45, 7) is 6.63. The molecule has 2 N–H and O–H groups in total. The minimum Gasteiger partial charge on any atom is -0.379 e. The Morgan fingerprint density at radius 2 is 2.15 bits per heavy atom. The first kappa shape index (κ1) is 12.4. The van der Waals surface area contributed by atoms with Gasteiger partial charge in [-0.25, -0.2) is 0 Å². The third-order valence-corrected chi connectivity index (χ3v) is 2.07. The van der Waals surface area contributed by atoms with Gasteiger partial charge in [-0.1, -0.05) is 6.92 Å². The summed E-state index contributed by atoms with van der Waals surface area (Å²) < 4.78 is 5.36. The summed E-state index contributed by atoms with van der Waals surface area (Å²) >= 11 is 0. The average Bonchev–Trinajstić information content (AvgIpc) is 2.12. The second-order valence-corrected chi connectivity index (χ2v) is 3.64. The van der Waals surface area contributed by atoms with Gasteiger partial charge in [-0.3, -0.25) is 0 Å². The largest absolute Gasteiger partial charge is 0.379 e. The van der Waals surface area contributed by atoms with E-state index >= 15 is 0 Å². The van der Waals surface area contributed by atoms with Gasteiger partial charge in [-0.15, -0.1) is 0 Å². The summed E-state index contributed by atoms with van der Waals surface area (Å²) in [5, 5.41) is 8.78. The lowest BCUT2D eigenvalue weighted by atomic mass is 9.94. The molecule has 0 fully saturated rings. The van der Waals surface area contributed by atoms with Gasteiger partial charge >= 0.3 is 0 Å². The van der Waals surface area contributed by atoms with Crippen molar-refractivity contribution in [3.63, 3.8) is 0 Å². The summed E-state index contributed by atoms with van der Waals surface area (Å²) in [6, 6.07) is 2.14. The fourth-order valence-electron chi connectivity index (χ4n) is 1.02. The number of hydrogen-bond donors (Lipinski definition) is 1. The van der Waals surface area contributed by atoms with Crippen molar-refractivity contribution in [1.29, 1.82) is 5.26 Å². The van der Waals surface area contributed by atoms with Crippen LogP contribution in [0.2, 0.25) is 0 Å². The van der Waals surface area contributed by atoms with Crippen LogP contribution in [0.25, 0.3) is 0 Å². The Morgan fingerprint density at radius 1 is 1.54 bits per heavy atom. The first-order valence-electron chi connectivity index (χ1n) is 4.86. The van der Waals surface area contributed by atoms with Gasteiger partial charge in [0.1, 0.15) is 5.54 Å². The lowest BCUT2D eigenvalue weighted by Gasteiger charge is -2.19. The zero-order chi connectivity index (χ0) is 10.3. The lowest BCUT2D eigenvalue weighted by molar-refractivity contribution is 0.0737. The minimum atomic E-state index is -0.652. The summed E-state index contributed by atoms with van der Waals surface area (Å²) in [4.78, 5) is 0. The molecular weight excluding hydrogens is 164 g/mol. The molecule has 0 saturated heterocycles. The van der Waals surface area contributed by atoms with Crippen molar-refractivity contribution < 1.29 is 4.74 Å². The number of nitrogens with zero attached hydrogens (tertiary/aromatic N) is 1. The summed E-state index contributed by atoms with van der Waals surface area (Å²) in [6.07, 6.45) is 2.53. The first-order chi connectivity index (χ1) is 6.04. The molecule has 3 nitrogen and oxygen atoms in total. The number of nitriles is 1. The topological polar surface area (TPSA) is 59.0 Å². The van der Waals surface area contributed by atoms with E-state index in [9.17, 15) is 0 Å². The molecule has 0 spiro atoms. The Morgan fingerprint density at radius 3 is 2.54 bits per heavy atom. The van der Waals surface area contributed by atoms with Crippen LogP contribution in [0, 0.1) is 11.3 Å². The van der Waals surface area contributed by atoms with Gasteiger partial charge in [0.2, 0.25) is 0 Å². The van der Waals surface area contributed by atoms with Crippen molar-refractivity contribution in [2.75, 3.05) is 6.61 Å². The molecule has 0 heterocycles. The molecule has 0 aromatic heterocycles. The summed E-state index contributed by atoms with van der Waals surface area (Å²) in [5.41, 5.74) is 5.14. The predicted octanol–water partition coefficient (Wildman–Crippen LogP) is 1.82. The number of hydrogen-bond acceptors (Lipinski definition) is 3. The Bertz CT molecular complexity index is 174. The van der Waals surface area contributed by atoms with Gasteiger partial charge in [0.05, 0.1) is 12.2 Å². The van der Waals surface area contributed by atoms with Crippen LogP contribution in [0.15, 0.2) is 0 Å². The van der Waals surface area contributed by atoms with E-state index in [2.05, 4.69) is 6.07 Å².